The van der Waals surface area contributed by atoms with Crippen molar-refractivity contribution in [1.29, 1.82) is 0 Å². The maximum absolute atomic E-state index is 5.22. The zero-order valence-corrected chi connectivity index (χ0v) is 7.42. The van der Waals surface area contributed by atoms with Crippen LogP contribution < -0.4 is 5.32 Å². The molecular weight excluding hydrogens is 148 g/mol. The van der Waals surface area contributed by atoms with Gasteiger partial charge in [0.1, 0.15) is 0 Å². The van der Waals surface area contributed by atoms with Gasteiger partial charge in [-0.05, 0) is 25.8 Å². The van der Waals surface area contributed by atoms with Crippen molar-refractivity contribution < 1.29 is 0 Å². The summed E-state index contributed by atoms with van der Waals surface area (Å²) < 4.78 is 0. The number of hydrogen-bond acceptors (Lipinski definition) is 2. The van der Waals surface area contributed by atoms with Crippen molar-refractivity contribution in [2.24, 2.45) is 0 Å². The van der Waals surface area contributed by atoms with Gasteiger partial charge in [-0.1, -0.05) is 5.92 Å². The molecule has 0 aromatic rings. The third-order valence-corrected chi connectivity index (χ3v) is 3.07. The Morgan fingerprint density at radius 3 is 3.17 bits per heavy atom. The second kappa shape index (κ2) is 3.47. The Morgan fingerprint density at radius 1 is 1.42 bits per heavy atom. The molecule has 2 atom stereocenters. The van der Waals surface area contributed by atoms with Gasteiger partial charge in [-0.25, -0.2) is 0 Å². The average Bonchev–Trinajstić information content (AvgIpc) is 2.62. The van der Waals surface area contributed by atoms with E-state index >= 15 is 0 Å². The summed E-state index contributed by atoms with van der Waals surface area (Å²) in [5.74, 6) is 2.64. The summed E-state index contributed by atoms with van der Waals surface area (Å²) in [5, 5.41) is 3.42. The van der Waals surface area contributed by atoms with Crippen molar-refractivity contribution in [2.75, 3.05) is 19.6 Å². The Morgan fingerprint density at radius 2 is 2.33 bits per heavy atom. The molecule has 2 heteroatoms. The van der Waals surface area contributed by atoms with E-state index in [9.17, 15) is 0 Å². The van der Waals surface area contributed by atoms with Gasteiger partial charge < -0.3 is 5.32 Å². The molecule has 12 heavy (non-hydrogen) atoms. The smallest absolute Gasteiger partial charge is 0.0576 e. The highest BCUT2D eigenvalue weighted by molar-refractivity contribution is 4.98. The number of hydrogen-bond donors (Lipinski definition) is 1. The summed E-state index contributed by atoms with van der Waals surface area (Å²) in [6.07, 6.45) is 9.24. The highest BCUT2D eigenvalue weighted by atomic mass is 15.2. The van der Waals surface area contributed by atoms with E-state index in [0.29, 0.717) is 6.04 Å². The minimum Gasteiger partial charge on any atom is -0.302 e. The number of rotatable bonds is 2. The predicted octanol–water partition coefficient (Wildman–Crippen LogP) is 0.446. The Bertz CT molecular complexity index is 195. The topological polar surface area (TPSA) is 15.3 Å². The van der Waals surface area contributed by atoms with Gasteiger partial charge in [0, 0.05) is 18.6 Å². The summed E-state index contributed by atoms with van der Waals surface area (Å²) in [7, 11) is 0. The number of nitrogens with one attached hydrogen (secondary N) is 1. The lowest BCUT2D eigenvalue weighted by atomic mass is 10.1. The Kier molecular flexibility index (Phi) is 2.34. The van der Waals surface area contributed by atoms with E-state index in [0.717, 1.165) is 12.6 Å². The van der Waals surface area contributed by atoms with Crippen LogP contribution >= 0.6 is 0 Å². The van der Waals surface area contributed by atoms with Gasteiger partial charge in [0.2, 0.25) is 0 Å². The van der Waals surface area contributed by atoms with Gasteiger partial charge in [-0.2, -0.15) is 0 Å². The van der Waals surface area contributed by atoms with Crippen molar-refractivity contribution in [2.45, 2.75) is 31.3 Å². The lowest BCUT2D eigenvalue weighted by molar-refractivity contribution is 0.302. The van der Waals surface area contributed by atoms with Gasteiger partial charge in [-0.15, -0.1) is 6.42 Å². The molecule has 2 aliphatic rings. The van der Waals surface area contributed by atoms with Crippen LogP contribution in [0.4, 0.5) is 0 Å². The average molecular weight is 164 g/mol. The number of fused-ring (bicyclic) bond motifs is 1. The van der Waals surface area contributed by atoms with Crippen molar-refractivity contribution in [3.05, 3.63) is 0 Å². The molecule has 2 fully saturated rings. The third-order valence-electron chi connectivity index (χ3n) is 3.07. The summed E-state index contributed by atoms with van der Waals surface area (Å²) >= 11 is 0. The van der Waals surface area contributed by atoms with Gasteiger partial charge in [0.25, 0.3) is 0 Å². The van der Waals surface area contributed by atoms with Crippen LogP contribution in [0.5, 0.6) is 0 Å². The monoisotopic (exact) mass is 164 g/mol. The molecule has 0 aliphatic carbocycles. The fraction of sp³-hybridized carbons (Fsp3) is 0.800. The summed E-state index contributed by atoms with van der Waals surface area (Å²) in [6.45, 7) is 3.31. The molecule has 0 amide bonds. The molecule has 0 aromatic carbocycles. The highest BCUT2D eigenvalue weighted by Crippen LogP contribution is 2.27. The Hall–Kier alpha value is -0.520. The van der Waals surface area contributed by atoms with Gasteiger partial charge in [0.05, 0.1) is 6.54 Å². The molecule has 1 N–H and O–H groups in total. The van der Waals surface area contributed by atoms with E-state index in [1.165, 1.54) is 32.4 Å². The zero-order valence-electron chi connectivity index (χ0n) is 7.42. The zero-order chi connectivity index (χ0) is 8.39. The predicted molar refractivity (Wildman–Crippen MR) is 49.8 cm³/mol. The minimum absolute atomic E-state index is 0.670. The van der Waals surface area contributed by atoms with Crippen molar-refractivity contribution in [1.82, 2.24) is 10.2 Å². The Labute approximate surface area is 74.3 Å². The van der Waals surface area contributed by atoms with Crippen LogP contribution in [0.15, 0.2) is 0 Å². The SMILES string of the molecule is C#CCNC1CCN2CCCC12. The molecule has 2 unspecified atom stereocenters. The van der Waals surface area contributed by atoms with E-state index in [1.54, 1.807) is 0 Å². The molecule has 2 saturated heterocycles. The van der Waals surface area contributed by atoms with Gasteiger partial charge in [0.15, 0.2) is 0 Å². The quantitative estimate of drug-likeness (QED) is 0.596. The van der Waals surface area contributed by atoms with E-state index < -0.39 is 0 Å². The first kappa shape index (κ1) is 8.10. The fourth-order valence-electron chi connectivity index (χ4n) is 2.51. The second-order valence-electron chi connectivity index (χ2n) is 3.73. The molecule has 2 nitrogen and oxygen atoms in total. The van der Waals surface area contributed by atoms with Crippen LogP contribution in [0.1, 0.15) is 19.3 Å². The molecule has 0 bridgehead atoms. The first-order valence-electron chi connectivity index (χ1n) is 4.82. The molecule has 66 valence electrons. The number of terminal acetylenes is 1. The lowest BCUT2D eigenvalue weighted by Gasteiger charge is -2.20. The first-order valence-corrected chi connectivity index (χ1v) is 4.82. The first-order chi connectivity index (χ1) is 5.92. The largest absolute Gasteiger partial charge is 0.302 e. The van der Waals surface area contributed by atoms with Crippen molar-refractivity contribution >= 4 is 0 Å². The molecule has 0 saturated carbocycles. The third kappa shape index (κ3) is 1.35. The van der Waals surface area contributed by atoms with E-state index in [2.05, 4.69) is 16.1 Å². The van der Waals surface area contributed by atoms with Crippen molar-refractivity contribution in [3.8, 4) is 12.3 Å². The summed E-state index contributed by atoms with van der Waals surface area (Å²) in [4.78, 5) is 2.59. The lowest BCUT2D eigenvalue weighted by Crippen LogP contribution is -2.39. The Balaban J connectivity index is 1.87. The van der Waals surface area contributed by atoms with Crippen LogP contribution in [0.25, 0.3) is 0 Å². The minimum atomic E-state index is 0.670. The van der Waals surface area contributed by atoms with Crippen LogP contribution in [0.3, 0.4) is 0 Å². The summed E-state index contributed by atoms with van der Waals surface area (Å²) in [6, 6.07) is 1.46. The van der Waals surface area contributed by atoms with Crippen LogP contribution in [0, 0.1) is 12.3 Å². The van der Waals surface area contributed by atoms with Crippen molar-refractivity contribution in [3.63, 3.8) is 0 Å². The van der Waals surface area contributed by atoms with E-state index in [4.69, 9.17) is 6.42 Å². The highest BCUT2D eigenvalue weighted by Gasteiger charge is 2.36. The summed E-state index contributed by atoms with van der Waals surface area (Å²) in [5.41, 5.74) is 0. The molecular formula is C10H16N2. The normalized spacial score (nSPS) is 34.9. The van der Waals surface area contributed by atoms with Gasteiger partial charge >= 0.3 is 0 Å². The maximum atomic E-state index is 5.22. The molecule has 0 radical (unpaired) electrons. The molecule has 2 rings (SSSR count). The van der Waals surface area contributed by atoms with Gasteiger partial charge in [-0.3, -0.25) is 4.90 Å². The van der Waals surface area contributed by atoms with E-state index in [1.807, 2.05) is 0 Å². The van der Waals surface area contributed by atoms with E-state index in [-0.39, 0.29) is 0 Å². The molecule has 2 heterocycles. The molecule has 2 aliphatic heterocycles. The molecule has 0 spiro atoms. The second-order valence-corrected chi connectivity index (χ2v) is 3.73. The number of nitrogens with zero attached hydrogens (tertiary/aromatic N) is 1. The molecule has 0 aromatic heterocycles. The van der Waals surface area contributed by atoms with Crippen LogP contribution in [0.2, 0.25) is 0 Å². The maximum Gasteiger partial charge on any atom is 0.0576 e. The fourth-order valence-corrected chi connectivity index (χ4v) is 2.51. The van der Waals surface area contributed by atoms with Crippen LogP contribution in [-0.4, -0.2) is 36.6 Å². The standard InChI is InChI=1S/C10H16N2/c1-2-6-11-9-5-8-12-7-3-4-10(9)12/h1,9-11H,3-8H2. The van der Waals surface area contributed by atoms with Crippen LogP contribution in [-0.2, 0) is 0 Å².